The van der Waals surface area contributed by atoms with E-state index in [-0.39, 0.29) is 16.8 Å². The molecule has 2 aromatic rings. The molecule has 1 heterocycles. The lowest BCUT2D eigenvalue weighted by Gasteiger charge is -2.17. The Balaban J connectivity index is 1.93. The van der Waals surface area contributed by atoms with Crippen molar-refractivity contribution in [2.45, 2.75) is 24.8 Å². The minimum Gasteiger partial charge on any atom is -0.341 e. The Labute approximate surface area is 140 Å². The number of nitrogens with zero attached hydrogens (tertiary/aromatic N) is 4. The Hall–Kier alpha value is -2.23. The maximum Gasteiger partial charge on any atom is 0.453 e. The summed E-state index contributed by atoms with van der Waals surface area (Å²) < 4.78 is 38.1. The molecule has 0 bridgehead atoms. The van der Waals surface area contributed by atoms with Crippen LogP contribution < -0.4 is 5.84 Å². The summed E-state index contributed by atoms with van der Waals surface area (Å²) in [5.41, 5.74) is 2.08. The van der Waals surface area contributed by atoms with E-state index >= 15 is 0 Å². The average molecular weight is 359 g/mol. The van der Waals surface area contributed by atoms with Gasteiger partial charge in [-0.15, -0.1) is 10.2 Å². The predicted molar refractivity (Wildman–Crippen MR) is 83.6 cm³/mol. The number of carbonyl (C=O) groups is 1. The minimum absolute atomic E-state index is 0.0877. The first-order valence-electron chi connectivity index (χ1n) is 6.88. The fraction of sp³-hybridized carbons (Fsp3) is 0.357. The van der Waals surface area contributed by atoms with E-state index < -0.39 is 12.0 Å². The molecular formula is C14H16F3N5OS. The van der Waals surface area contributed by atoms with E-state index in [1.165, 1.54) is 4.90 Å². The van der Waals surface area contributed by atoms with Gasteiger partial charge < -0.3 is 10.7 Å². The van der Waals surface area contributed by atoms with Crippen molar-refractivity contribution < 1.29 is 18.0 Å². The molecule has 0 atom stereocenters. The highest BCUT2D eigenvalue weighted by Gasteiger charge is 2.38. The molecule has 10 heteroatoms. The summed E-state index contributed by atoms with van der Waals surface area (Å²) >= 11 is 0.807. The molecule has 6 nitrogen and oxygen atoms in total. The molecule has 0 saturated heterocycles. The summed E-state index contributed by atoms with van der Waals surface area (Å²) in [4.78, 5) is 13.6. The molecule has 0 fully saturated rings. The second kappa shape index (κ2) is 7.12. The van der Waals surface area contributed by atoms with Gasteiger partial charge in [-0.25, -0.2) is 4.68 Å². The van der Waals surface area contributed by atoms with Crippen molar-refractivity contribution in [1.82, 2.24) is 19.8 Å². The molecule has 130 valence electrons. The van der Waals surface area contributed by atoms with Crippen LogP contribution in [0, 0.1) is 6.92 Å². The molecule has 0 unspecified atom stereocenters. The Morgan fingerprint density at radius 3 is 2.46 bits per heavy atom. The Morgan fingerprint density at radius 1 is 1.29 bits per heavy atom. The lowest BCUT2D eigenvalue weighted by Crippen LogP contribution is -2.28. The number of alkyl halides is 3. The summed E-state index contributed by atoms with van der Waals surface area (Å²) in [6.07, 6.45) is -4.69. The van der Waals surface area contributed by atoms with E-state index in [0.717, 1.165) is 22.9 Å². The number of halogens is 3. The average Bonchev–Trinajstić information content (AvgIpc) is 2.88. The highest BCUT2D eigenvalue weighted by molar-refractivity contribution is 7.99. The molecule has 2 N–H and O–H groups in total. The molecule has 0 aliphatic heterocycles. The van der Waals surface area contributed by atoms with Gasteiger partial charge in [-0.1, -0.05) is 41.6 Å². The zero-order valence-electron chi connectivity index (χ0n) is 13.0. The van der Waals surface area contributed by atoms with Gasteiger partial charge in [0.1, 0.15) is 0 Å². The van der Waals surface area contributed by atoms with E-state index in [2.05, 4.69) is 10.2 Å². The van der Waals surface area contributed by atoms with Crippen LogP contribution in [0.25, 0.3) is 0 Å². The number of carbonyl (C=O) groups excluding carboxylic acids is 1. The number of aromatic nitrogens is 3. The number of nitrogen functional groups attached to an aromatic ring is 1. The predicted octanol–water partition coefficient (Wildman–Crippen LogP) is 2.07. The second-order valence-corrected chi connectivity index (χ2v) is 6.14. The number of nitrogens with two attached hydrogens (primary N) is 1. The van der Waals surface area contributed by atoms with E-state index in [9.17, 15) is 18.0 Å². The number of hydrogen-bond acceptors (Lipinski definition) is 5. The highest BCUT2D eigenvalue weighted by atomic mass is 32.2. The third-order valence-corrected chi connectivity index (χ3v) is 4.14. The van der Waals surface area contributed by atoms with Gasteiger partial charge >= 0.3 is 6.18 Å². The van der Waals surface area contributed by atoms with Gasteiger partial charge in [-0.3, -0.25) is 4.79 Å². The van der Waals surface area contributed by atoms with Gasteiger partial charge in [0.25, 0.3) is 5.82 Å². The van der Waals surface area contributed by atoms with Crippen molar-refractivity contribution >= 4 is 17.7 Å². The number of amides is 1. The molecule has 0 saturated carbocycles. The van der Waals surface area contributed by atoms with Crippen molar-refractivity contribution in [1.29, 1.82) is 0 Å². The molecule has 0 aliphatic rings. The standard InChI is InChI=1S/C14H16F3N5OS/c1-9-3-5-10(6-4-9)7-21(2)11(23)8-24-13-20-19-12(22(13)18)14(15,16)17/h3-6H,7-8,18H2,1-2H3. The fourth-order valence-electron chi connectivity index (χ4n) is 1.86. The third-order valence-electron chi connectivity index (χ3n) is 3.21. The van der Waals surface area contributed by atoms with Crippen LogP contribution in [0.3, 0.4) is 0 Å². The van der Waals surface area contributed by atoms with Gasteiger partial charge in [0.05, 0.1) is 5.75 Å². The van der Waals surface area contributed by atoms with Crippen molar-refractivity contribution in [3.05, 3.63) is 41.2 Å². The largest absolute Gasteiger partial charge is 0.453 e. The molecule has 1 aromatic heterocycles. The van der Waals surface area contributed by atoms with Crippen LogP contribution >= 0.6 is 11.8 Å². The molecular weight excluding hydrogens is 343 g/mol. The number of benzene rings is 1. The first kappa shape index (κ1) is 18.1. The highest BCUT2D eigenvalue weighted by Crippen LogP contribution is 2.28. The maximum atomic E-state index is 12.6. The third kappa shape index (κ3) is 4.40. The summed E-state index contributed by atoms with van der Waals surface area (Å²) in [6.45, 7) is 2.37. The molecule has 2 rings (SSSR count). The molecule has 24 heavy (non-hydrogen) atoms. The summed E-state index contributed by atoms with van der Waals surface area (Å²) in [6, 6.07) is 7.71. The normalized spacial score (nSPS) is 11.5. The number of rotatable bonds is 5. The number of hydrogen-bond donors (Lipinski definition) is 1. The Morgan fingerprint density at radius 2 is 1.92 bits per heavy atom. The van der Waals surface area contributed by atoms with Gasteiger partial charge in [0.15, 0.2) is 0 Å². The van der Waals surface area contributed by atoms with Crippen molar-refractivity contribution in [2.75, 3.05) is 18.6 Å². The molecule has 0 radical (unpaired) electrons. The molecule has 1 aromatic carbocycles. The van der Waals surface area contributed by atoms with Gasteiger partial charge in [-0.05, 0) is 12.5 Å². The van der Waals surface area contributed by atoms with Crippen LogP contribution in [0.2, 0.25) is 0 Å². The van der Waals surface area contributed by atoms with Crippen LogP contribution in [0.5, 0.6) is 0 Å². The van der Waals surface area contributed by atoms with Crippen molar-refractivity contribution in [2.24, 2.45) is 0 Å². The van der Waals surface area contributed by atoms with Crippen LogP contribution in [0.1, 0.15) is 17.0 Å². The Kier molecular flexibility index (Phi) is 5.37. The quantitative estimate of drug-likeness (QED) is 0.653. The van der Waals surface area contributed by atoms with E-state index in [1.807, 2.05) is 31.2 Å². The number of aryl methyl sites for hydroxylation is 1. The minimum atomic E-state index is -4.69. The van der Waals surface area contributed by atoms with E-state index in [0.29, 0.717) is 11.2 Å². The lowest BCUT2D eigenvalue weighted by molar-refractivity contribution is -0.146. The summed E-state index contributed by atoms with van der Waals surface area (Å²) in [5.74, 6) is 3.67. The molecule has 0 aliphatic carbocycles. The van der Waals surface area contributed by atoms with Crippen molar-refractivity contribution in [3.8, 4) is 0 Å². The van der Waals surface area contributed by atoms with Crippen LogP contribution in [-0.2, 0) is 17.5 Å². The van der Waals surface area contributed by atoms with E-state index in [4.69, 9.17) is 5.84 Å². The van der Waals surface area contributed by atoms with E-state index in [1.54, 1.807) is 7.05 Å². The maximum absolute atomic E-state index is 12.6. The van der Waals surface area contributed by atoms with Gasteiger partial charge in [0, 0.05) is 13.6 Å². The smallest absolute Gasteiger partial charge is 0.341 e. The van der Waals surface area contributed by atoms with Gasteiger partial charge in [0.2, 0.25) is 11.1 Å². The molecule has 0 spiro atoms. The van der Waals surface area contributed by atoms with Crippen LogP contribution in [-0.4, -0.2) is 38.5 Å². The molecule has 1 amide bonds. The Bertz CT molecular complexity index is 714. The van der Waals surface area contributed by atoms with Crippen molar-refractivity contribution in [3.63, 3.8) is 0 Å². The SMILES string of the molecule is Cc1ccc(CN(C)C(=O)CSc2nnc(C(F)(F)F)n2N)cc1. The fourth-order valence-corrected chi connectivity index (χ4v) is 2.66. The second-order valence-electron chi connectivity index (χ2n) is 5.20. The summed E-state index contributed by atoms with van der Waals surface area (Å²) in [5, 5.41) is 6.20. The first-order chi connectivity index (χ1) is 11.2. The topological polar surface area (TPSA) is 77.0 Å². The number of thioether (sulfide) groups is 1. The van der Waals surface area contributed by atoms with Crippen LogP contribution in [0.15, 0.2) is 29.4 Å². The first-order valence-corrected chi connectivity index (χ1v) is 7.87. The van der Waals surface area contributed by atoms with Crippen LogP contribution in [0.4, 0.5) is 13.2 Å². The summed E-state index contributed by atoms with van der Waals surface area (Å²) in [7, 11) is 1.62. The van der Waals surface area contributed by atoms with Gasteiger partial charge in [-0.2, -0.15) is 13.2 Å². The monoisotopic (exact) mass is 359 g/mol. The zero-order valence-corrected chi connectivity index (χ0v) is 13.9. The zero-order chi connectivity index (χ0) is 17.9. The lowest BCUT2D eigenvalue weighted by atomic mass is 10.1.